The average molecular weight is 811 g/mol. The molecule has 2 aliphatic heterocycles. The lowest BCUT2D eigenvalue weighted by Gasteiger charge is -2.19. The van der Waals surface area contributed by atoms with Gasteiger partial charge in [0, 0.05) is 66.1 Å². The van der Waals surface area contributed by atoms with Crippen molar-refractivity contribution in [3.05, 3.63) is 204 Å². The van der Waals surface area contributed by atoms with Gasteiger partial charge in [-0.1, -0.05) is 125 Å². The van der Waals surface area contributed by atoms with Gasteiger partial charge in [-0.25, -0.2) is 0 Å². The van der Waals surface area contributed by atoms with Gasteiger partial charge in [0.15, 0.2) is 0 Å². The summed E-state index contributed by atoms with van der Waals surface area (Å²) in [6, 6.07) is 59.0. The summed E-state index contributed by atoms with van der Waals surface area (Å²) >= 11 is 0. The molecule has 6 heterocycles. The molecule has 0 amide bonds. The van der Waals surface area contributed by atoms with Crippen LogP contribution in [0.5, 0.6) is 0 Å². The average Bonchev–Trinajstić information content (AvgIpc) is 4.12. The van der Waals surface area contributed by atoms with Gasteiger partial charge in [0.2, 0.25) is 0 Å². The molecular weight excluding hydrogens is 765 g/mol. The van der Waals surface area contributed by atoms with E-state index in [4.69, 9.17) is 0 Å². The zero-order valence-electron chi connectivity index (χ0n) is 36.2. The van der Waals surface area contributed by atoms with Gasteiger partial charge in [0.05, 0.1) is 44.7 Å². The van der Waals surface area contributed by atoms with Gasteiger partial charge in [-0.15, -0.1) is 0 Å². The highest BCUT2D eigenvalue weighted by molar-refractivity contribution is 6.11. The fraction of sp³-hybridized carbons (Fsp3) is 0.119. The number of benzene rings is 7. The van der Waals surface area contributed by atoms with Crippen molar-refractivity contribution < 1.29 is 0 Å². The van der Waals surface area contributed by atoms with E-state index in [1.165, 1.54) is 99.5 Å². The maximum Gasteiger partial charge on any atom is 0.0545 e. The molecule has 13 rings (SSSR count). The Morgan fingerprint density at radius 2 is 0.921 bits per heavy atom. The molecule has 11 aromatic rings. The van der Waals surface area contributed by atoms with E-state index in [0.29, 0.717) is 0 Å². The Morgan fingerprint density at radius 3 is 1.46 bits per heavy atom. The second-order valence-electron chi connectivity index (χ2n) is 18.7. The summed E-state index contributed by atoms with van der Waals surface area (Å²) in [5, 5.41) is 6.32. The van der Waals surface area contributed by atoms with Gasteiger partial charge >= 0.3 is 0 Å². The third-order valence-electron chi connectivity index (χ3n) is 14.6. The molecule has 2 aliphatic rings. The minimum atomic E-state index is -0.152. The third-order valence-corrected chi connectivity index (χ3v) is 14.6. The largest absolute Gasteiger partial charge is 0.312 e. The first-order valence-electron chi connectivity index (χ1n) is 22.2. The van der Waals surface area contributed by atoms with Crippen LogP contribution in [0.1, 0.15) is 68.4 Å². The Balaban J connectivity index is 0.901. The van der Waals surface area contributed by atoms with Crippen molar-refractivity contribution in [1.82, 2.24) is 18.3 Å². The first-order valence-corrected chi connectivity index (χ1v) is 22.2. The van der Waals surface area contributed by atoms with Crippen molar-refractivity contribution in [3.63, 3.8) is 0 Å². The van der Waals surface area contributed by atoms with Crippen LogP contribution >= 0.6 is 0 Å². The quantitative estimate of drug-likeness (QED) is 0.165. The molecule has 0 bridgehead atoms. The van der Waals surface area contributed by atoms with Crippen molar-refractivity contribution in [3.8, 4) is 33.9 Å². The summed E-state index contributed by atoms with van der Waals surface area (Å²) in [5.74, 6) is 0. The van der Waals surface area contributed by atoms with Crippen molar-refractivity contribution in [1.29, 1.82) is 0 Å². The van der Waals surface area contributed by atoms with Crippen LogP contribution in [0.25, 0.3) is 101 Å². The molecule has 0 saturated carbocycles. The van der Waals surface area contributed by atoms with E-state index < -0.39 is 0 Å². The summed E-state index contributed by atoms with van der Waals surface area (Å²) in [5.41, 5.74) is 20.7. The van der Waals surface area contributed by atoms with Crippen LogP contribution in [0, 0.1) is 0 Å². The molecule has 302 valence electrons. The lowest BCUT2D eigenvalue weighted by atomic mass is 9.83. The Bertz CT molecular complexity index is 3790. The van der Waals surface area contributed by atoms with E-state index in [2.05, 4.69) is 229 Å². The highest BCUT2D eigenvalue weighted by Gasteiger charge is 2.39. The summed E-state index contributed by atoms with van der Waals surface area (Å²) in [4.78, 5) is 0. The second kappa shape index (κ2) is 12.5. The number of allylic oxidation sites excluding steroid dienone is 1. The van der Waals surface area contributed by atoms with Crippen LogP contribution in [0.3, 0.4) is 0 Å². The second-order valence-corrected chi connectivity index (χ2v) is 18.7. The van der Waals surface area contributed by atoms with Crippen LogP contribution in [-0.4, -0.2) is 18.3 Å². The normalized spacial score (nSPS) is 14.7. The van der Waals surface area contributed by atoms with Gasteiger partial charge in [-0.05, 0) is 114 Å². The maximum atomic E-state index is 4.33. The lowest BCUT2D eigenvalue weighted by Crippen LogP contribution is -2.15. The van der Waals surface area contributed by atoms with E-state index in [1.807, 2.05) is 6.08 Å². The molecule has 4 nitrogen and oxygen atoms in total. The van der Waals surface area contributed by atoms with E-state index >= 15 is 0 Å². The van der Waals surface area contributed by atoms with Crippen LogP contribution in [-0.2, 0) is 10.8 Å². The summed E-state index contributed by atoms with van der Waals surface area (Å²) in [6.45, 7) is 15.9. The fourth-order valence-electron chi connectivity index (χ4n) is 11.5. The van der Waals surface area contributed by atoms with Crippen LogP contribution in [0.15, 0.2) is 170 Å². The van der Waals surface area contributed by atoms with E-state index in [-0.39, 0.29) is 10.8 Å². The number of hydrogen-bond donors (Lipinski definition) is 0. The van der Waals surface area contributed by atoms with Crippen LogP contribution in [0.4, 0.5) is 0 Å². The minimum absolute atomic E-state index is 0.133. The predicted octanol–water partition coefficient (Wildman–Crippen LogP) is 15.2. The zero-order valence-corrected chi connectivity index (χ0v) is 36.2. The molecule has 0 fully saturated rings. The number of fused-ring (bicyclic) bond motifs is 14. The maximum absolute atomic E-state index is 4.33. The highest BCUT2D eigenvalue weighted by Crippen LogP contribution is 2.50. The van der Waals surface area contributed by atoms with Gasteiger partial charge in [0.1, 0.15) is 0 Å². The highest BCUT2D eigenvalue weighted by atomic mass is 15.1. The predicted molar refractivity (Wildman–Crippen MR) is 266 cm³/mol. The summed E-state index contributed by atoms with van der Waals surface area (Å²) in [7, 11) is 0. The first-order chi connectivity index (χ1) is 30.7. The number of hydrogen-bond acceptors (Lipinski definition) is 0. The minimum Gasteiger partial charge on any atom is -0.312 e. The monoisotopic (exact) mass is 810 g/mol. The molecule has 7 aromatic carbocycles. The number of para-hydroxylation sites is 3. The number of rotatable bonds is 5. The SMILES string of the molecule is C=Cc1c(/C=C\C)n(-c2ccc(-c3ccc(-n4c5ccccc5c5cc6c(cc54)C(C)(C)c4cc5ccccc5n4-6)cc3)cc2)c2cc3c(cc12)-n1c(cc2ccccc21)C3(C)C. The van der Waals surface area contributed by atoms with Crippen molar-refractivity contribution >= 4 is 66.7 Å². The topological polar surface area (TPSA) is 19.7 Å². The van der Waals surface area contributed by atoms with Crippen LogP contribution in [0.2, 0.25) is 0 Å². The molecule has 0 spiro atoms. The van der Waals surface area contributed by atoms with Gasteiger partial charge in [-0.2, -0.15) is 0 Å². The molecule has 0 atom stereocenters. The molecule has 4 aromatic heterocycles. The summed E-state index contributed by atoms with van der Waals surface area (Å²) in [6.07, 6.45) is 6.38. The Labute approximate surface area is 366 Å². The van der Waals surface area contributed by atoms with E-state index in [0.717, 1.165) is 22.6 Å². The molecule has 0 N–H and O–H groups in total. The van der Waals surface area contributed by atoms with E-state index in [1.54, 1.807) is 0 Å². The fourth-order valence-corrected chi connectivity index (χ4v) is 11.5. The molecular formula is C59H46N4. The standard InChI is InChI=1S/C59H46N4/c1-7-15-50-42(8-2)44-32-54-46(58(3,4)56-30-38-16-9-12-19-48(38)62(54)56)34-52(44)60(50)40-26-22-36(23-27-40)37-24-28-41(29-25-37)61-51-21-14-11-18-43(51)45-33-55-47(35-53(45)61)59(5,6)57-31-39-17-10-13-20-49(39)63(55)57/h7-35H,2H2,1,3-6H3/b15-7-. The summed E-state index contributed by atoms with van der Waals surface area (Å²) < 4.78 is 9.83. The zero-order chi connectivity index (χ0) is 42.5. The Kier molecular flexibility index (Phi) is 7.18. The van der Waals surface area contributed by atoms with E-state index in [9.17, 15) is 0 Å². The molecule has 0 radical (unpaired) electrons. The number of nitrogens with zero attached hydrogens (tertiary/aromatic N) is 4. The van der Waals surface area contributed by atoms with Crippen molar-refractivity contribution in [2.75, 3.05) is 0 Å². The Hall–Kier alpha value is -7.56. The molecule has 0 saturated heterocycles. The third kappa shape index (κ3) is 4.70. The van der Waals surface area contributed by atoms with Gasteiger partial charge in [-0.3, -0.25) is 0 Å². The smallest absolute Gasteiger partial charge is 0.0545 e. The molecule has 0 aliphatic carbocycles. The first kappa shape index (κ1) is 36.1. The molecule has 4 heteroatoms. The Morgan fingerprint density at radius 1 is 0.444 bits per heavy atom. The van der Waals surface area contributed by atoms with Gasteiger partial charge in [0.25, 0.3) is 0 Å². The molecule has 0 unspecified atom stereocenters. The van der Waals surface area contributed by atoms with Crippen molar-refractivity contribution in [2.45, 2.75) is 45.4 Å². The lowest BCUT2D eigenvalue weighted by molar-refractivity contribution is 0.645. The van der Waals surface area contributed by atoms with Crippen LogP contribution < -0.4 is 0 Å². The van der Waals surface area contributed by atoms with Gasteiger partial charge < -0.3 is 18.3 Å². The number of aromatic nitrogens is 4. The molecule has 63 heavy (non-hydrogen) atoms. The van der Waals surface area contributed by atoms with Crippen molar-refractivity contribution in [2.24, 2.45) is 0 Å².